The van der Waals surface area contributed by atoms with E-state index in [0.29, 0.717) is 0 Å². The fourth-order valence-electron chi connectivity index (χ4n) is 10.5. The van der Waals surface area contributed by atoms with Crippen molar-refractivity contribution in [3.8, 4) is 33.5 Å². The molecule has 2 heterocycles. The highest BCUT2D eigenvalue weighted by Gasteiger charge is 2.37. The molecule has 0 atom stereocenters. The van der Waals surface area contributed by atoms with Gasteiger partial charge in [-0.1, -0.05) is 141 Å². The molecule has 0 saturated heterocycles. The van der Waals surface area contributed by atoms with E-state index in [1.165, 1.54) is 98.0 Å². The Bertz CT molecular complexity index is 3820. The lowest BCUT2D eigenvalue weighted by molar-refractivity contribution is 0.662. The van der Waals surface area contributed by atoms with Crippen molar-refractivity contribution in [2.24, 2.45) is 0 Å². The molecule has 2 nitrogen and oxygen atoms in total. The standard InChI is InChI=1S/C57H36N2/c1-57(2)52-31-48-41-17-6-4-15-39(41)38-14-3-5-16-40(38)46(48)29-50(52)51-30-47-44-24-22-36(28-45(44)42-18-7-8-19-43(42)49(47)32-53(51)57)35-11-9-12-37(27-35)54-25-23-34-21-20-33-13-10-26-58-55(33)56(34)59-54/h3-32H,1-2H3. The monoisotopic (exact) mass is 748 g/mol. The lowest BCUT2D eigenvalue weighted by Crippen LogP contribution is -2.15. The van der Waals surface area contributed by atoms with E-state index in [4.69, 9.17) is 9.97 Å². The summed E-state index contributed by atoms with van der Waals surface area (Å²) in [6.07, 6.45) is 1.85. The maximum Gasteiger partial charge on any atom is 0.0972 e. The second kappa shape index (κ2) is 11.8. The summed E-state index contributed by atoms with van der Waals surface area (Å²) < 4.78 is 0. The molecule has 13 rings (SSSR count). The zero-order valence-corrected chi connectivity index (χ0v) is 32.7. The molecule has 0 radical (unpaired) electrons. The Labute approximate surface area is 341 Å². The van der Waals surface area contributed by atoms with Gasteiger partial charge in [0.15, 0.2) is 0 Å². The quantitative estimate of drug-likeness (QED) is 0.165. The molecule has 1 aliphatic carbocycles. The van der Waals surface area contributed by atoms with E-state index in [9.17, 15) is 0 Å². The predicted molar refractivity (Wildman–Crippen MR) is 251 cm³/mol. The van der Waals surface area contributed by atoms with E-state index in [0.717, 1.165) is 33.1 Å². The number of fused-ring (bicyclic) bond motifs is 18. The normalized spacial score (nSPS) is 13.4. The maximum atomic E-state index is 5.17. The topological polar surface area (TPSA) is 25.8 Å². The molecule has 2 heteroatoms. The van der Waals surface area contributed by atoms with Crippen LogP contribution in [-0.2, 0) is 5.41 Å². The van der Waals surface area contributed by atoms with Crippen molar-refractivity contribution >= 4 is 86.4 Å². The molecule has 0 aliphatic heterocycles. The second-order valence-electron chi connectivity index (χ2n) is 16.9. The maximum absolute atomic E-state index is 5.17. The van der Waals surface area contributed by atoms with E-state index < -0.39 is 0 Å². The first-order chi connectivity index (χ1) is 29.0. The Morgan fingerprint density at radius 1 is 0.339 bits per heavy atom. The van der Waals surface area contributed by atoms with Gasteiger partial charge in [0.25, 0.3) is 0 Å². The number of hydrogen-bond acceptors (Lipinski definition) is 2. The molecule has 0 amide bonds. The van der Waals surface area contributed by atoms with Gasteiger partial charge in [0.1, 0.15) is 0 Å². The number of nitrogens with zero attached hydrogens (tertiary/aromatic N) is 2. The fourth-order valence-corrected chi connectivity index (χ4v) is 10.5. The first-order valence-electron chi connectivity index (χ1n) is 20.6. The van der Waals surface area contributed by atoms with Crippen LogP contribution in [0.2, 0.25) is 0 Å². The largest absolute Gasteiger partial charge is 0.254 e. The van der Waals surface area contributed by atoms with E-state index in [1.54, 1.807) is 0 Å². The number of benzene rings is 10. The van der Waals surface area contributed by atoms with Crippen molar-refractivity contribution in [1.29, 1.82) is 0 Å². The van der Waals surface area contributed by atoms with Gasteiger partial charge in [-0.3, -0.25) is 4.98 Å². The second-order valence-corrected chi connectivity index (χ2v) is 16.9. The zero-order chi connectivity index (χ0) is 39.0. The molecule has 0 spiro atoms. The van der Waals surface area contributed by atoms with Crippen molar-refractivity contribution < 1.29 is 0 Å². The molecule has 274 valence electrons. The summed E-state index contributed by atoms with van der Waals surface area (Å²) in [7, 11) is 0. The fraction of sp³-hybridized carbons (Fsp3) is 0.0526. The van der Waals surface area contributed by atoms with Crippen LogP contribution in [0.5, 0.6) is 0 Å². The summed E-state index contributed by atoms with van der Waals surface area (Å²) in [4.78, 5) is 9.86. The third kappa shape index (κ3) is 4.57. The van der Waals surface area contributed by atoms with Crippen LogP contribution in [0.1, 0.15) is 25.0 Å². The summed E-state index contributed by atoms with van der Waals surface area (Å²) in [6, 6.07) is 65.3. The SMILES string of the molecule is CC1(C)c2cc3c4ccccc4c4ccccc4c3cc2-c2cc3c4ccc(-c5cccc(-c6ccc7ccc8cccnc8c7n6)c5)cc4c4ccccc4c3cc21. The van der Waals surface area contributed by atoms with Crippen LogP contribution >= 0.6 is 0 Å². The lowest BCUT2D eigenvalue weighted by Gasteiger charge is -2.23. The Morgan fingerprint density at radius 2 is 0.814 bits per heavy atom. The molecule has 2 aromatic heterocycles. The van der Waals surface area contributed by atoms with Gasteiger partial charge >= 0.3 is 0 Å². The smallest absolute Gasteiger partial charge is 0.0972 e. The van der Waals surface area contributed by atoms with Crippen LogP contribution in [0, 0.1) is 0 Å². The summed E-state index contributed by atoms with van der Waals surface area (Å²) in [5, 5.41) is 17.8. The molecule has 12 aromatic rings. The van der Waals surface area contributed by atoms with Crippen molar-refractivity contribution in [3.63, 3.8) is 0 Å². The number of rotatable bonds is 2. The van der Waals surface area contributed by atoms with Gasteiger partial charge in [-0.15, -0.1) is 0 Å². The minimum atomic E-state index is -0.158. The Hall–Kier alpha value is -7.42. The number of hydrogen-bond donors (Lipinski definition) is 0. The van der Waals surface area contributed by atoms with E-state index >= 15 is 0 Å². The van der Waals surface area contributed by atoms with Gasteiger partial charge in [0.2, 0.25) is 0 Å². The Kier molecular flexibility index (Phi) is 6.54. The van der Waals surface area contributed by atoms with E-state index in [-0.39, 0.29) is 5.41 Å². The average molecular weight is 749 g/mol. The third-order valence-electron chi connectivity index (χ3n) is 13.4. The van der Waals surface area contributed by atoms with Gasteiger partial charge in [-0.05, 0) is 147 Å². The molecule has 1 aliphatic rings. The van der Waals surface area contributed by atoms with Gasteiger partial charge in [-0.2, -0.15) is 0 Å². The molecular weight excluding hydrogens is 713 g/mol. The molecule has 59 heavy (non-hydrogen) atoms. The van der Waals surface area contributed by atoms with Crippen LogP contribution in [0.15, 0.2) is 182 Å². The first-order valence-corrected chi connectivity index (χ1v) is 20.6. The minimum Gasteiger partial charge on any atom is -0.254 e. The molecule has 0 bridgehead atoms. The highest BCUT2D eigenvalue weighted by atomic mass is 14.7. The van der Waals surface area contributed by atoms with Gasteiger partial charge < -0.3 is 0 Å². The van der Waals surface area contributed by atoms with E-state index in [2.05, 4.69) is 184 Å². The molecule has 10 aromatic carbocycles. The summed E-state index contributed by atoms with van der Waals surface area (Å²) in [5.41, 5.74) is 11.6. The molecular formula is C57H36N2. The van der Waals surface area contributed by atoms with Crippen molar-refractivity contribution in [2.45, 2.75) is 19.3 Å². The summed E-state index contributed by atoms with van der Waals surface area (Å²) in [5.74, 6) is 0. The van der Waals surface area contributed by atoms with Crippen LogP contribution in [0.4, 0.5) is 0 Å². The average Bonchev–Trinajstić information content (AvgIpc) is 3.51. The van der Waals surface area contributed by atoms with Crippen molar-refractivity contribution in [1.82, 2.24) is 9.97 Å². The van der Waals surface area contributed by atoms with Crippen LogP contribution in [-0.4, -0.2) is 9.97 Å². The van der Waals surface area contributed by atoms with Crippen LogP contribution in [0.25, 0.3) is 120 Å². The van der Waals surface area contributed by atoms with Crippen LogP contribution < -0.4 is 0 Å². The minimum absolute atomic E-state index is 0.158. The summed E-state index contributed by atoms with van der Waals surface area (Å²) in [6.45, 7) is 4.82. The molecule has 0 saturated carbocycles. The van der Waals surface area contributed by atoms with Crippen LogP contribution in [0.3, 0.4) is 0 Å². The lowest BCUT2D eigenvalue weighted by atomic mass is 9.80. The van der Waals surface area contributed by atoms with Gasteiger partial charge in [0, 0.05) is 27.9 Å². The van der Waals surface area contributed by atoms with Gasteiger partial charge in [0.05, 0.1) is 16.7 Å². The third-order valence-corrected chi connectivity index (χ3v) is 13.4. The summed E-state index contributed by atoms with van der Waals surface area (Å²) >= 11 is 0. The number of pyridine rings is 2. The first kappa shape index (κ1) is 32.6. The van der Waals surface area contributed by atoms with Gasteiger partial charge in [-0.25, -0.2) is 4.98 Å². The molecule has 0 N–H and O–H groups in total. The molecule has 0 fully saturated rings. The number of aromatic nitrogens is 2. The Morgan fingerprint density at radius 3 is 1.42 bits per heavy atom. The van der Waals surface area contributed by atoms with Crippen molar-refractivity contribution in [3.05, 3.63) is 193 Å². The highest BCUT2D eigenvalue weighted by Crippen LogP contribution is 2.53. The zero-order valence-electron chi connectivity index (χ0n) is 32.7. The predicted octanol–water partition coefficient (Wildman–Crippen LogP) is 15.3. The van der Waals surface area contributed by atoms with Crippen molar-refractivity contribution in [2.75, 3.05) is 0 Å². The Balaban J connectivity index is 1.01. The highest BCUT2D eigenvalue weighted by molar-refractivity contribution is 6.28. The molecule has 0 unspecified atom stereocenters. The van der Waals surface area contributed by atoms with E-state index in [1.807, 2.05) is 12.3 Å².